The maximum Gasteiger partial charge on any atom is 0.201 e. The van der Waals surface area contributed by atoms with Gasteiger partial charge >= 0.3 is 0 Å². The third kappa shape index (κ3) is 3.63. The Morgan fingerprint density at radius 1 is 0.929 bits per heavy atom. The molecule has 0 radical (unpaired) electrons. The average Bonchev–Trinajstić information content (AvgIpc) is 2.83. The summed E-state index contributed by atoms with van der Waals surface area (Å²) in [6.07, 6.45) is 1.83. The molecule has 1 N–H and O–H groups in total. The molecule has 0 unspecified atom stereocenters. The molecule has 2 aromatic carbocycles. The molecule has 3 rings (SSSR count). The van der Waals surface area contributed by atoms with Gasteiger partial charge in [0, 0.05) is 18.2 Å². The maximum absolute atomic E-state index is 10.9. The highest BCUT2D eigenvalue weighted by Gasteiger charge is 2.26. The molecule has 0 bridgehead atoms. The van der Waals surface area contributed by atoms with Crippen LogP contribution in [-0.4, -0.2) is 20.6 Å². The van der Waals surface area contributed by atoms with E-state index in [1.807, 2.05) is 54.2 Å². The number of aromatic hydroxyl groups is 1. The summed E-state index contributed by atoms with van der Waals surface area (Å²) in [6.45, 7) is 12.6. The van der Waals surface area contributed by atoms with Gasteiger partial charge in [0.2, 0.25) is 4.77 Å². The molecule has 0 saturated carbocycles. The molecule has 0 aliphatic rings. The summed E-state index contributed by atoms with van der Waals surface area (Å²) in [5, 5.41) is 15.6. The Labute approximate surface area is 172 Å². The Morgan fingerprint density at radius 3 is 1.93 bits per heavy atom. The van der Waals surface area contributed by atoms with Crippen molar-refractivity contribution in [3.63, 3.8) is 0 Å². The molecule has 1 heterocycles. The van der Waals surface area contributed by atoms with E-state index in [0.717, 1.165) is 27.7 Å². The number of para-hydroxylation sites is 2. The van der Waals surface area contributed by atoms with E-state index in [2.05, 4.69) is 46.6 Å². The van der Waals surface area contributed by atoms with E-state index in [0.29, 0.717) is 10.5 Å². The van der Waals surface area contributed by atoms with E-state index < -0.39 is 0 Å². The smallest absolute Gasteiger partial charge is 0.201 e. The zero-order valence-electron chi connectivity index (χ0n) is 17.7. The number of aromatic nitrogens is 2. The summed E-state index contributed by atoms with van der Waals surface area (Å²) in [4.78, 5) is 0. The second-order valence-corrected chi connectivity index (χ2v) is 9.72. The predicted molar refractivity (Wildman–Crippen MR) is 120 cm³/mol. The van der Waals surface area contributed by atoms with Crippen LogP contribution in [0.1, 0.15) is 58.2 Å². The van der Waals surface area contributed by atoms with Crippen molar-refractivity contribution in [1.82, 2.24) is 9.24 Å². The minimum absolute atomic E-state index is 0.177. The molecule has 0 saturated heterocycles. The molecule has 0 fully saturated rings. The van der Waals surface area contributed by atoms with Crippen LogP contribution in [0.5, 0.6) is 5.75 Å². The van der Waals surface area contributed by atoms with E-state index in [-0.39, 0.29) is 10.8 Å². The number of phenolic OH excluding ortho intramolecular Hbond substituents is 1. The molecule has 5 heteroatoms. The molecule has 148 valence electrons. The third-order valence-corrected chi connectivity index (χ3v) is 5.46. The quantitative estimate of drug-likeness (QED) is 0.434. The Morgan fingerprint density at radius 2 is 1.43 bits per heavy atom. The molecule has 0 amide bonds. The van der Waals surface area contributed by atoms with Gasteiger partial charge in [-0.1, -0.05) is 53.7 Å². The fraction of sp³-hybridized carbons (Fsp3) is 0.391. The lowest BCUT2D eigenvalue weighted by Gasteiger charge is -2.27. The van der Waals surface area contributed by atoms with Crippen LogP contribution in [0.2, 0.25) is 0 Å². The number of fused-ring (bicyclic) bond motifs is 1. The molecular weight excluding hydrogens is 366 g/mol. The number of benzene rings is 2. The van der Waals surface area contributed by atoms with Crippen LogP contribution >= 0.6 is 12.2 Å². The maximum atomic E-state index is 10.9. The summed E-state index contributed by atoms with van der Waals surface area (Å²) >= 11 is 5.57. The topological polar surface area (TPSA) is 42.5 Å². The molecular formula is C23H29N3OS. The lowest BCUT2D eigenvalue weighted by molar-refractivity contribution is 0.423. The number of hydrogen-bond donors (Lipinski definition) is 1. The Bertz CT molecular complexity index is 1090. The van der Waals surface area contributed by atoms with E-state index in [9.17, 15) is 5.11 Å². The van der Waals surface area contributed by atoms with Crippen molar-refractivity contribution in [1.29, 1.82) is 0 Å². The molecule has 0 atom stereocenters. The standard InChI is InChI=1S/C23H29N3OS/c1-22(2,3)16-12-15(13-17(20(16)27)23(4,5)6)14-24-26-19-11-9-8-10-18(19)25(7)21(26)28/h8-14,27H,1-7H3/b24-14+. The molecule has 1 aromatic heterocycles. The molecule has 0 aliphatic heterocycles. The first-order valence-electron chi connectivity index (χ1n) is 9.50. The lowest BCUT2D eigenvalue weighted by atomic mass is 9.78. The minimum Gasteiger partial charge on any atom is -0.507 e. The Kier molecular flexibility index (Phi) is 5.00. The minimum atomic E-state index is -0.177. The van der Waals surface area contributed by atoms with Crippen LogP contribution < -0.4 is 0 Å². The average molecular weight is 396 g/mol. The van der Waals surface area contributed by atoms with E-state index in [1.54, 1.807) is 4.68 Å². The van der Waals surface area contributed by atoms with Gasteiger partial charge in [-0.3, -0.25) is 0 Å². The fourth-order valence-corrected chi connectivity index (χ4v) is 3.63. The van der Waals surface area contributed by atoms with E-state index in [4.69, 9.17) is 12.2 Å². The van der Waals surface area contributed by atoms with Gasteiger partial charge in [-0.25, -0.2) is 4.68 Å². The zero-order chi connectivity index (χ0) is 20.9. The van der Waals surface area contributed by atoms with Crippen LogP contribution in [0.15, 0.2) is 41.5 Å². The second-order valence-electron chi connectivity index (χ2n) is 9.35. The molecule has 0 aliphatic carbocycles. The number of hydrogen-bond acceptors (Lipinski definition) is 3. The van der Waals surface area contributed by atoms with Crippen molar-refractivity contribution in [3.8, 4) is 5.75 Å². The second kappa shape index (κ2) is 6.89. The Balaban J connectivity index is 2.18. The SMILES string of the molecule is Cn1c(=S)n(/N=C/c2cc(C(C)(C)C)c(O)c(C(C)(C)C)c2)c2ccccc21. The van der Waals surface area contributed by atoms with Crippen molar-refractivity contribution in [2.24, 2.45) is 12.1 Å². The van der Waals surface area contributed by atoms with Gasteiger partial charge in [-0.2, -0.15) is 5.10 Å². The van der Waals surface area contributed by atoms with E-state index >= 15 is 0 Å². The van der Waals surface area contributed by atoms with Crippen molar-refractivity contribution in [2.45, 2.75) is 52.4 Å². The Hall–Kier alpha value is -2.40. The van der Waals surface area contributed by atoms with Gasteiger partial charge in [0.25, 0.3) is 0 Å². The number of imidazole rings is 1. The normalized spacial score (nSPS) is 13.0. The van der Waals surface area contributed by atoms with Crippen molar-refractivity contribution in [3.05, 3.63) is 57.9 Å². The lowest BCUT2D eigenvalue weighted by Crippen LogP contribution is -2.18. The van der Waals surface area contributed by atoms with Crippen LogP contribution in [0.3, 0.4) is 0 Å². The number of nitrogens with zero attached hydrogens (tertiary/aromatic N) is 3. The molecule has 4 nitrogen and oxygen atoms in total. The van der Waals surface area contributed by atoms with Gasteiger partial charge in [0.15, 0.2) is 0 Å². The van der Waals surface area contributed by atoms with Gasteiger partial charge in [-0.05, 0) is 52.9 Å². The van der Waals surface area contributed by atoms with Gasteiger partial charge in [0.1, 0.15) is 5.75 Å². The van der Waals surface area contributed by atoms with Crippen LogP contribution in [0, 0.1) is 4.77 Å². The summed E-state index contributed by atoms with van der Waals surface area (Å²) in [6, 6.07) is 12.1. The summed E-state index contributed by atoms with van der Waals surface area (Å²) < 4.78 is 4.38. The van der Waals surface area contributed by atoms with Crippen molar-refractivity contribution < 1.29 is 5.11 Å². The number of phenols is 1. The molecule has 0 spiro atoms. The van der Waals surface area contributed by atoms with Gasteiger partial charge in [-0.15, -0.1) is 0 Å². The highest BCUT2D eigenvalue weighted by Crippen LogP contribution is 2.39. The van der Waals surface area contributed by atoms with Crippen molar-refractivity contribution in [2.75, 3.05) is 0 Å². The van der Waals surface area contributed by atoms with Gasteiger partial charge in [0.05, 0.1) is 17.2 Å². The van der Waals surface area contributed by atoms with Crippen LogP contribution in [-0.2, 0) is 17.9 Å². The molecule has 28 heavy (non-hydrogen) atoms. The largest absolute Gasteiger partial charge is 0.507 e. The third-order valence-electron chi connectivity index (χ3n) is 5.01. The predicted octanol–water partition coefficient (Wildman–Crippen LogP) is 5.89. The zero-order valence-corrected chi connectivity index (χ0v) is 18.6. The first-order chi connectivity index (χ1) is 12.9. The number of rotatable bonds is 2. The summed E-state index contributed by atoms with van der Waals surface area (Å²) in [5.41, 5.74) is 4.44. The first-order valence-corrected chi connectivity index (χ1v) is 9.91. The highest BCUT2D eigenvalue weighted by atomic mass is 32.1. The molecule has 3 aromatic rings. The van der Waals surface area contributed by atoms with Crippen LogP contribution in [0.4, 0.5) is 0 Å². The van der Waals surface area contributed by atoms with Crippen molar-refractivity contribution >= 4 is 29.5 Å². The highest BCUT2D eigenvalue weighted by molar-refractivity contribution is 7.71. The summed E-state index contributed by atoms with van der Waals surface area (Å²) in [5.74, 6) is 0.374. The fourth-order valence-electron chi connectivity index (χ4n) is 3.39. The van der Waals surface area contributed by atoms with E-state index in [1.165, 1.54) is 0 Å². The number of aryl methyl sites for hydroxylation is 1. The first kappa shape index (κ1) is 20.3. The van der Waals surface area contributed by atoms with Gasteiger partial charge < -0.3 is 9.67 Å². The summed E-state index contributed by atoms with van der Waals surface area (Å²) in [7, 11) is 1.95. The monoisotopic (exact) mass is 395 g/mol. The van der Waals surface area contributed by atoms with Crippen LogP contribution in [0.25, 0.3) is 11.0 Å².